The molecular weight excluding hydrogens is 520 g/mol. The third-order valence-electron chi connectivity index (χ3n) is 6.32. The molecule has 32 heavy (non-hydrogen) atoms. The molecule has 2 fully saturated rings. The van der Waals surface area contributed by atoms with Gasteiger partial charge in [0.05, 0.1) is 19.2 Å². The molecule has 1 aliphatic heterocycles. The lowest BCUT2D eigenvalue weighted by atomic mass is 10.1. The van der Waals surface area contributed by atoms with E-state index in [1.54, 1.807) is 12.1 Å². The van der Waals surface area contributed by atoms with Crippen LogP contribution < -0.4 is 15.4 Å². The summed E-state index contributed by atoms with van der Waals surface area (Å²) in [6, 6.07) is 5.58. The number of nitrogens with one attached hydrogen (secondary N) is 2. The van der Waals surface area contributed by atoms with Crippen molar-refractivity contribution in [1.82, 2.24) is 20.4 Å². The Morgan fingerprint density at radius 3 is 2.50 bits per heavy atom. The third kappa shape index (κ3) is 8.33. The second-order valence-corrected chi connectivity index (χ2v) is 8.85. The minimum atomic E-state index is -0.298. The zero-order valence-electron chi connectivity index (χ0n) is 20.1. The summed E-state index contributed by atoms with van der Waals surface area (Å²) < 4.78 is 20.1. The van der Waals surface area contributed by atoms with Gasteiger partial charge in [-0.15, -0.1) is 24.0 Å². The zero-order chi connectivity index (χ0) is 22.2. The lowest BCUT2D eigenvalue weighted by Gasteiger charge is -2.37. The van der Waals surface area contributed by atoms with E-state index in [1.165, 1.54) is 12.8 Å². The molecule has 1 aliphatic carbocycles. The van der Waals surface area contributed by atoms with Crippen LogP contribution in [0, 0.1) is 11.7 Å². The molecule has 182 valence electrons. The molecule has 0 radical (unpaired) electrons. The summed E-state index contributed by atoms with van der Waals surface area (Å²) in [5, 5.41) is 6.74. The fraction of sp³-hybridized carbons (Fsp3) is 0.708. The van der Waals surface area contributed by atoms with E-state index >= 15 is 0 Å². The van der Waals surface area contributed by atoms with E-state index in [0.29, 0.717) is 24.3 Å². The van der Waals surface area contributed by atoms with E-state index < -0.39 is 0 Å². The van der Waals surface area contributed by atoms with Crippen LogP contribution >= 0.6 is 24.0 Å². The van der Waals surface area contributed by atoms with Gasteiger partial charge in [0.25, 0.3) is 0 Å². The molecule has 3 rings (SSSR count). The topological polar surface area (TPSA) is 52.1 Å². The van der Waals surface area contributed by atoms with Crippen molar-refractivity contribution in [2.24, 2.45) is 10.9 Å². The Morgan fingerprint density at radius 2 is 1.91 bits per heavy atom. The number of aliphatic imine (C=N–C) groups is 1. The molecule has 0 spiro atoms. The Hall–Kier alpha value is -1.13. The highest BCUT2D eigenvalue weighted by atomic mass is 127. The number of piperazine rings is 1. The van der Waals surface area contributed by atoms with Crippen LogP contribution in [0.2, 0.25) is 0 Å². The number of benzene rings is 1. The minimum Gasteiger partial charge on any atom is -0.490 e. The van der Waals surface area contributed by atoms with Gasteiger partial charge < -0.3 is 20.3 Å². The molecule has 1 saturated heterocycles. The first-order valence-electron chi connectivity index (χ1n) is 11.9. The Labute approximate surface area is 210 Å². The van der Waals surface area contributed by atoms with Gasteiger partial charge in [0.1, 0.15) is 0 Å². The number of rotatable bonds is 10. The molecule has 1 heterocycles. The highest BCUT2D eigenvalue weighted by Gasteiger charge is 2.23. The smallest absolute Gasteiger partial charge is 0.191 e. The van der Waals surface area contributed by atoms with Crippen molar-refractivity contribution in [3.05, 3.63) is 29.6 Å². The summed E-state index contributed by atoms with van der Waals surface area (Å²) in [5.74, 6) is 1.42. The Kier molecular flexibility index (Phi) is 11.5. The number of nitrogens with zero attached hydrogens (tertiary/aromatic N) is 3. The van der Waals surface area contributed by atoms with E-state index in [9.17, 15) is 4.39 Å². The Balaban J connectivity index is 0.00000363. The number of guanidine groups is 1. The SMILES string of the molecule is CCNC(=NCC(C)N1CCN(CC)CC1)NC(C)c1ccc(OCC2CC2)c(F)c1.I. The molecular formula is C24H41FIN5O. The van der Waals surface area contributed by atoms with Crippen LogP contribution in [-0.2, 0) is 0 Å². The van der Waals surface area contributed by atoms with Gasteiger partial charge in [0.2, 0.25) is 0 Å². The number of likely N-dealkylation sites (N-methyl/N-ethyl adjacent to an activating group) is 1. The van der Waals surface area contributed by atoms with Gasteiger partial charge in [-0.1, -0.05) is 13.0 Å². The molecule has 1 aromatic rings. The van der Waals surface area contributed by atoms with Crippen LogP contribution in [-0.4, -0.2) is 74.2 Å². The number of halogens is 2. The summed E-state index contributed by atoms with van der Waals surface area (Å²) in [5.41, 5.74) is 0.880. The van der Waals surface area contributed by atoms with E-state index in [2.05, 4.69) is 41.2 Å². The van der Waals surface area contributed by atoms with Crippen LogP contribution in [0.1, 0.15) is 52.1 Å². The van der Waals surface area contributed by atoms with Gasteiger partial charge in [-0.25, -0.2) is 4.39 Å². The molecule has 8 heteroatoms. The molecule has 1 saturated carbocycles. The molecule has 0 aromatic heterocycles. The number of ether oxygens (including phenoxy) is 1. The predicted molar refractivity (Wildman–Crippen MR) is 141 cm³/mol. The van der Waals surface area contributed by atoms with Gasteiger partial charge >= 0.3 is 0 Å². The number of hydrogen-bond donors (Lipinski definition) is 2. The molecule has 2 N–H and O–H groups in total. The number of hydrogen-bond acceptors (Lipinski definition) is 4. The van der Waals surface area contributed by atoms with Crippen molar-refractivity contribution in [3.63, 3.8) is 0 Å². The van der Waals surface area contributed by atoms with Crippen LogP contribution in [0.4, 0.5) is 4.39 Å². The fourth-order valence-corrected chi connectivity index (χ4v) is 3.86. The molecule has 1 aromatic carbocycles. The van der Waals surface area contributed by atoms with E-state index in [4.69, 9.17) is 9.73 Å². The molecule has 6 nitrogen and oxygen atoms in total. The maximum absolute atomic E-state index is 14.5. The molecule has 0 amide bonds. The van der Waals surface area contributed by atoms with Crippen LogP contribution in [0.25, 0.3) is 0 Å². The van der Waals surface area contributed by atoms with Crippen molar-refractivity contribution >= 4 is 29.9 Å². The van der Waals surface area contributed by atoms with Crippen molar-refractivity contribution in [2.75, 3.05) is 52.4 Å². The summed E-state index contributed by atoms with van der Waals surface area (Å²) >= 11 is 0. The highest BCUT2D eigenvalue weighted by Crippen LogP contribution is 2.30. The molecule has 0 bridgehead atoms. The lowest BCUT2D eigenvalue weighted by molar-refractivity contribution is 0.109. The third-order valence-corrected chi connectivity index (χ3v) is 6.32. The predicted octanol–water partition coefficient (Wildman–Crippen LogP) is 3.87. The minimum absolute atomic E-state index is 0. The highest BCUT2D eigenvalue weighted by molar-refractivity contribution is 14.0. The second-order valence-electron chi connectivity index (χ2n) is 8.85. The van der Waals surface area contributed by atoms with Crippen LogP contribution in [0.15, 0.2) is 23.2 Å². The zero-order valence-corrected chi connectivity index (χ0v) is 22.4. The average Bonchev–Trinajstić information content (AvgIpc) is 3.61. The first-order valence-corrected chi connectivity index (χ1v) is 11.9. The fourth-order valence-electron chi connectivity index (χ4n) is 3.86. The van der Waals surface area contributed by atoms with Gasteiger partial charge in [-0.05, 0) is 63.8 Å². The van der Waals surface area contributed by atoms with E-state index in [1.807, 2.05) is 13.0 Å². The Bertz CT molecular complexity index is 722. The molecule has 2 aliphatic rings. The van der Waals surface area contributed by atoms with Gasteiger partial charge in [0, 0.05) is 38.8 Å². The van der Waals surface area contributed by atoms with Crippen LogP contribution in [0.5, 0.6) is 5.75 Å². The summed E-state index contributed by atoms with van der Waals surface area (Å²) in [6.45, 7) is 16.3. The maximum Gasteiger partial charge on any atom is 0.191 e. The van der Waals surface area contributed by atoms with E-state index in [0.717, 1.165) is 57.3 Å². The summed E-state index contributed by atoms with van der Waals surface area (Å²) in [7, 11) is 0. The van der Waals surface area contributed by atoms with Crippen molar-refractivity contribution in [2.45, 2.75) is 52.6 Å². The summed E-state index contributed by atoms with van der Waals surface area (Å²) in [4.78, 5) is 9.81. The average molecular weight is 562 g/mol. The van der Waals surface area contributed by atoms with Gasteiger partial charge in [-0.2, -0.15) is 0 Å². The first-order chi connectivity index (χ1) is 15.0. The summed E-state index contributed by atoms with van der Waals surface area (Å²) in [6.07, 6.45) is 2.39. The van der Waals surface area contributed by atoms with Gasteiger partial charge in [-0.3, -0.25) is 9.89 Å². The maximum atomic E-state index is 14.5. The Morgan fingerprint density at radius 1 is 1.19 bits per heavy atom. The van der Waals surface area contributed by atoms with Crippen molar-refractivity contribution in [3.8, 4) is 5.75 Å². The lowest BCUT2D eigenvalue weighted by Crippen LogP contribution is -2.50. The molecule has 2 unspecified atom stereocenters. The first kappa shape index (κ1) is 27.1. The normalized spacial score (nSPS) is 19.7. The van der Waals surface area contributed by atoms with E-state index in [-0.39, 0.29) is 35.8 Å². The van der Waals surface area contributed by atoms with Crippen molar-refractivity contribution in [1.29, 1.82) is 0 Å². The van der Waals surface area contributed by atoms with Gasteiger partial charge in [0.15, 0.2) is 17.5 Å². The van der Waals surface area contributed by atoms with Crippen LogP contribution in [0.3, 0.4) is 0 Å². The molecule has 2 atom stereocenters. The quantitative estimate of drug-likeness (QED) is 0.258. The van der Waals surface area contributed by atoms with Crippen molar-refractivity contribution < 1.29 is 9.13 Å². The second kappa shape index (κ2) is 13.5. The standard InChI is InChI=1S/C24H40FN5O.HI/c1-5-26-24(27-16-18(3)30-13-11-29(6-2)12-14-30)28-19(4)21-9-10-23(22(25)15-21)31-17-20-7-8-20;/h9-10,15,18-20H,5-8,11-14,16-17H2,1-4H3,(H2,26,27,28);1H. The largest absolute Gasteiger partial charge is 0.490 e. The monoisotopic (exact) mass is 561 g/mol.